The highest BCUT2D eigenvalue weighted by Gasteiger charge is 2.46. The van der Waals surface area contributed by atoms with Gasteiger partial charge in [0, 0.05) is 4.91 Å². The summed E-state index contributed by atoms with van der Waals surface area (Å²) in [4.78, 5) is 2.71. The minimum absolute atomic E-state index is 0.301. The van der Waals surface area contributed by atoms with Gasteiger partial charge < -0.3 is 10.2 Å². The van der Waals surface area contributed by atoms with E-state index in [1.807, 2.05) is 19.6 Å². The first kappa shape index (κ1) is 12.4. The molecule has 0 bridgehead atoms. The number of nitrogens with zero attached hydrogens (tertiary/aromatic N) is 3. The molecule has 5 nitrogen and oxygen atoms in total. The third-order valence-electron chi connectivity index (χ3n) is 2.45. The van der Waals surface area contributed by atoms with Crippen molar-refractivity contribution in [2.24, 2.45) is 5.11 Å². The van der Waals surface area contributed by atoms with E-state index in [2.05, 4.69) is 10.0 Å². The average Bonchev–Trinajstić information content (AvgIpc) is 1.96. The molecule has 0 heterocycles. The van der Waals surface area contributed by atoms with Gasteiger partial charge in [-0.25, -0.2) is 0 Å². The van der Waals surface area contributed by atoms with Crippen molar-refractivity contribution >= 4 is 8.07 Å². The summed E-state index contributed by atoms with van der Waals surface area (Å²) in [6.45, 7) is 7.09. The molecule has 0 rings (SSSR count). The molecule has 0 radical (unpaired) electrons. The highest BCUT2D eigenvalue weighted by molar-refractivity contribution is 6.79. The summed E-state index contributed by atoms with van der Waals surface area (Å²) in [7, 11) is -1.94. The molecule has 2 atom stereocenters. The van der Waals surface area contributed by atoms with E-state index in [0.29, 0.717) is 0 Å². The van der Waals surface area contributed by atoms with E-state index in [9.17, 15) is 10.2 Å². The quantitative estimate of drug-likeness (QED) is 0.312. The first-order valence-electron chi connectivity index (χ1n) is 4.17. The summed E-state index contributed by atoms with van der Waals surface area (Å²) >= 11 is 0. The molecular weight excluding hydrogens is 186 g/mol. The molecule has 0 aliphatic rings. The second kappa shape index (κ2) is 4.10. The van der Waals surface area contributed by atoms with Crippen molar-refractivity contribution in [2.45, 2.75) is 37.8 Å². The maximum absolute atomic E-state index is 9.54. The fourth-order valence-electron chi connectivity index (χ4n) is 1.34. The molecule has 76 valence electrons. The van der Waals surface area contributed by atoms with Crippen LogP contribution in [-0.2, 0) is 0 Å². The molecule has 0 unspecified atom stereocenters. The van der Waals surface area contributed by atoms with Crippen LogP contribution in [-0.4, -0.2) is 36.2 Å². The Morgan fingerprint density at radius 3 is 2.08 bits per heavy atom. The van der Waals surface area contributed by atoms with Crippen LogP contribution in [0, 0.1) is 0 Å². The summed E-state index contributed by atoms with van der Waals surface area (Å²) < 4.78 is 0. The van der Waals surface area contributed by atoms with Gasteiger partial charge in [0.15, 0.2) is 0 Å². The lowest BCUT2D eigenvalue weighted by Crippen LogP contribution is -2.60. The van der Waals surface area contributed by atoms with Crippen LogP contribution in [0.5, 0.6) is 0 Å². The van der Waals surface area contributed by atoms with Crippen LogP contribution in [0.3, 0.4) is 0 Å². The molecule has 0 spiro atoms. The van der Waals surface area contributed by atoms with E-state index >= 15 is 0 Å². The van der Waals surface area contributed by atoms with Crippen molar-refractivity contribution < 1.29 is 10.2 Å². The lowest BCUT2D eigenvalue weighted by molar-refractivity contribution is 0.0958. The van der Waals surface area contributed by atoms with Crippen LogP contribution < -0.4 is 0 Å². The molecule has 0 aromatic carbocycles. The molecule has 2 N–H and O–H groups in total. The Kier molecular flexibility index (Phi) is 3.93. The van der Waals surface area contributed by atoms with Crippen LogP contribution in [0.15, 0.2) is 5.11 Å². The van der Waals surface area contributed by atoms with Crippen LogP contribution in [0.2, 0.25) is 19.6 Å². The zero-order valence-corrected chi connectivity index (χ0v) is 9.52. The minimum Gasteiger partial charge on any atom is -0.396 e. The first-order valence-corrected chi connectivity index (χ1v) is 7.67. The van der Waals surface area contributed by atoms with Gasteiger partial charge in [0.1, 0.15) is 0 Å². The van der Waals surface area contributed by atoms with Gasteiger partial charge in [-0.15, -0.1) is 0 Å². The minimum atomic E-state index is -1.94. The van der Waals surface area contributed by atoms with E-state index in [4.69, 9.17) is 5.53 Å². The Morgan fingerprint density at radius 2 is 2.00 bits per heavy atom. The monoisotopic (exact) mass is 203 g/mol. The van der Waals surface area contributed by atoms with Crippen LogP contribution in [0.4, 0.5) is 0 Å². The van der Waals surface area contributed by atoms with Gasteiger partial charge in [0.05, 0.1) is 25.9 Å². The summed E-state index contributed by atoms with van der Waals surface area (Å²) in [6, 6.07) is 0. The number of azide groups is 1. The van der Waals surface area contributed by atoms with Gasteiger partial charge in [-0.3, -0.25) is 0 Å². The van der Waals surface area contributed by atoms with Crippen LogP contribution in [0.1, 0.15) is 6.92 Å². The van der Waals surface area contributed by atoms with E-state index in [1.165, 1.54) is 0 Å². The average molecular weight is 203 g/mol. The summed E-state index contributed by atoms with van der Waals surface area (Å²) in [5.41, 5.74) is 8.40. The van der Waals surface area contributed by atoms with Crippen molar-refractivity contribution in [3.8, 4) is 0 Å². The van der Waals surface area contributed by atoms with E-state index < -0.39 is 19.3 Å². The summed E-state index contributed by atoms with van der Waals surface area (Å²) in [6.07, 6.45) is -0.819. The molecule has 13 heavy (non-hydrogen) atoms. The molecule has 0 amide bonds. The Labute approximate surface area is 79.0 Å². The second-order valence-corrected chi connectivity index (χ2v) is 9.56. The fraction of sp³-hybridized carbons (Fsp3) is 1.00. The van der Waals surface area contributed by atoms with Crippen molar-refractivity contribution in [1.29, 1.82) is 0 Å². The molecule has 6 heteroatoms. The van der Waals surface area contributed by atoms with E-state index in [-0.39, 0.29) is 6.61 Å². The van der Waals surface area contributed by atoms with Crippen LogP contribution >= 0.6 is 0 Å². The molecular formula is C7H17N3O2Si. The lowest BCUT2D eigenvalue weighted by Gasteiger charge is -2.40. The van der Waals surface area contributed by atoms with Gasteiger partial charge in [-0.2, -0.15) is 0 Å². The van der Waals surface area contributed by atoms with Crippen molar-refractivity contribution in [1.82, 2.24) is 0 Å². The van der Waals surface area contributed by atoms with Crippen molar-refractivity contribution in [3.05, 3.63) is 10.4 Å². The van der Waals surface area contributed by atoms with Gasteiger partial charge >= 0.3 is 0 Å². The smallest absolute Gasteiger partial charge is 0.0896 e. The number of hydrogen-bond donors (Lipinski definition) is 2. The largest absolute Gasteiger partial charge is 0.396 e. The van der Waals surface area contributed by atoms with Crippen LogP contribution in [0.25, 0.3) is 10.4 Å². The predicted octanol–water partition coefficient (Wildman–Crippen LogP) is 1.29. The molecule has 0 aliphatic carbocycles. The Morgan fingerprint density at radius 1 is 1.54 bits per heavy atom. The number of aliphatic hydroxyl groups excluding tert-OH is 2. The third kappa shape index (κ3) is 2.22. The highest BCUT2D eigenvalue weighted by Crippen LogP contribution is 2.28. The lowest BCUT2D eigenvalue weighted by atomic mass is 10.2. The van der Waals surface area contributed by atoms with Crippen molar-refractivity contribution in [3.63, 3.8) is 0 Å². The summed E-state index contributed by atoms with van der Waals surface area (Å²) in [5, 5.41) is 21.3. The number of rotatable bonds is 4. The number of aliphatic hydroxyl groups is 2. The Hall–Kier alpha value is -0.553. The second-order valence-electron chi connectivity index (χ2n) is 4.20. The maximum Gasteiger partial charge on any atom is 0.0896 e. The van der Waals surface area contributed by atoms with Crippen molar-refractivity contribution in [2.75, 3.05) is 6.61 Å². The fourth-order valence-corrected chi connectivity index (χ4v) is 3.41. The molecule has 0 saturated heterocycles. The van der Waals surface area contributed by atoms with E-state index in [1.54, 1.807) is 6.92 Å². The molecule has 0 saturated carbocycles. The van der Waals surface area contributed by atoms with Gasteiger partial charge in [-0.05, 0) is 12.5 Å². The zero-order chi connectivity index (χ0) is 10.7. The summed E-state index contributed by atoms with van der Waals surface area (Å²) in [5.74, 6) is 0. The van der Waals surface area contributed by atoms with Gasteiger partial charge in [0.25, 0.3) is 0 Å². The molecule has 0 aromatic heterocycles. The third-order valence-corrected chi connectivity index (χ3v) is 5.73. The zero-order valence-electron chi connectivity index (χ0n) is 8.52. The SMILES string of the molecule is C[C@@H](O)[C@@](CO)(N=[N+]=[N-])[Si](C)(C)C. The van der Waals surface area contributed by atoms with Gasteiger partial charge in [0.2, 0.25) is 0 Å². The first-order chi connectivity index (χ1) is 5.81. The predicted molar refractivity (Wildman–Crippen MR) is 54.0 cm³/mol. The molecule has 0 aliphatic heterocycles. The normalized spacial score (nSPS) is 18.6. The van der Waals surface area contributed by atoms with Gasteiger partial charge in [-0.1, -0.05) is 24.8 Å². The maximum atomic E-state index is 9.54. The standard InChI is InChI=1S/C7H17N3O2Si/c1-6(12)7(5-11,9-10-8)13(2,3)4/h6,11-12H,5H2,1-4H3/t6-,7+/m1/s1. The Balaban J connectivity index is 5.23. The topological polar surface area (TPSA) is 89.2 Å². The highest BCUT2D eigenvalue weighted by atomic mass is 28.3. The van der Waals surface area contributed by atoms with E-state index in [0.717, 1.165) is 0 Å². The number of hydrogen-bond acceptors (Lipinski definition) is 3. The molecule has 0 aromatic rings. The molecule has 0 fully saturated rings. The Bertz CT molecular complexity index is 220.